The van der Waals surface area contributed by atoms with Crippen LogP contribution in [0, 0.1) is 11.3 Å². The first-order chi connectivity index (χ1) is 8.76. The standard InChI is InChI=1S/C14H17ClN2O/c15-12-6-5-11(10-16)14(9-12)17-7-1-3-13(17)4-2-8-18/h5-6,9,13,18H,1-4,7-8H2. The molecule has 1 unspecified atom stereocenters. The van der Waals surface area contributed by atoms with Crippen molar-refractivity contribution in [1.82, 2.24) is 0 Å². The van der Waals surface area contributed by atoms with Crippen molar-refractivity contribution >= 4 is 17.3 Å². The third-order valence-electron chi connectivity index (χ3n) is 3.46. The van der Waals surface area contributed by atoms with E-state index in [-0.39, 0.29) is 6.61 Å². The zero-order chi connectivity index (χ0) is 13.0. The van der Waals surface area contributed by atoms with Gasteiger partial charge in [-0.05, 0) is 43.9 Å². The van der Waals surface area contributed by atoms with Gasteiger partial charge >= 0.3 is 0 Å². The quantitative estimate of drug-likeness (QED) is 0.910. The van der Waals surface area contributed by atoms with Gasteiger partial charge in [0.1, 0.15) is 6.07 Å². The van der Waals surface area contributed by atoms with Crippen molar-refractivity contribution in [2.75, 3.05) is 18.1 Å². The molecule has 0 aromatic heterocycles. The summed E-state index contributed by atoms with van der Waals surface area (Å²) in [4.78, 5) is 2.26. The fraction of sp³-hybridized carbons (Fsp3) is 0.500. The molecule has 1 aliphatic rings. The summed E-state index contributed by atoms with van der Waals surface area (Å²) in [7, 11) is 0. The van der Waals surface area contributed by atoms with Crippen LogP contribution in [0.1, 0.15) is 31.2 Å². The van der Waals surface area contributed by atoms with Gasteiger partial charge in [-0.15, -0.1) is 0 Å². The fourth-order valence-electron chi connectivity index (χ4n) is 2.62. The Kier molecular flexibility index (Phi) is 4.46. The van der Waals surface area contributed by atoms with Crippen LogP contribution < -0.4 is 4.90 Å². The summed E-state index contributed by atoms with van der Waals surface area (Å²) >= 11 is 6.03. The van der Waals surface area contributed by atoms with E-state index in [0.29, 0.717) is 16.6 Å². The summed E-state index contributed by atoms with van der Waals surface area (Å²) < 4.78 is 0. The van der Waals surface area contributed by atoms with Crippen molar-refractivity contribution in [3.8, 4) is 6.07 Å². The molecular weight excluding hydrogens is 248 g/mol. The largest absolute Gasteiger partial charge is 0.396 e. The van der Waals surface area contributed by atoms with Gasteiger partial charge in [-0.1, -0.05) is 11.6 Å². The molecule has 0 radical (unpaired) electrons. The summed E-state index contributed by atoms with van der Waals surface area (Å²) in [5.74, 6) is 0. The number of nitrogens with zero attached hydrogens (tertiary/aromatic N) is 2. The molecular formula is C14H17ClN2O. The molecule has 1 heterocycles. The molecule has 1 saturated heterocycles. The van der Waals surface area contributed by atoms with Crippen molar-refractivity contribution in [1.29, 1.82) is 5.26 Å². The van der Waals surface area contributed by atoms with Crippen molar-refractivity contribution in [3.63, 3.8) is 0 Å². The Bertz CT molecular complexity index is 456. The maximum absolute atomic E-state index is 9.17. The smallest absolute Gasteiger partial charge is 0.101 e. The third-order valence-corrected chi connectivity index (χ3v) is 3.70. The zero-order valence-corrected chi connectivity index (χ0v) is 11.0. The van der Waals surface area contributed by atoms with Crippen molar-refractivity contribution in [2.45, 2.75) is 31.7 Å². The van der Waals surface area contributed by atoms with Gasteiger partial charge in [0.15, 0.2) is 0 Å². The summed E-state index contributed by atoms with van der Waals surface area (Å²) in [6, 6.07) is 8.05. The molecule has 0 saturated carbocycles. The zero-order valence-electron chi connectivity index (χ0n) is 10.3. The van der Waals surface area contributed by atoms with E-state index < -0.39 is 0 Å². The number of aliphatic hydroxyl groups is 1. The lowest BCUT2D eigenvalue weighted by Crippen LogP contribution is -2.30. The molecule has 0 spiro atoms. The number of aliphatic hydroxyl groups excluding tert-OH is 1. The van der Waals surface area contributed by atoms with Crippen molar-refractivity contribution in [3.05, 3.63) is 28.8 Å². The van der Waals surface area contributed by atoms with Crippen LogP contribution >= 0.6 is 11.6 Å². The predicted molar refractivity (Wildman–Crippen MR) is 72.9 cm³/mol. The number of benzene rings is 1. The van der Waals surface area contributed by atoms with Gasteiger partial charge in [-0.2, -0.15) is 5.26 Å². The number of nitriles is 1. The van der Waals surface area contributed by atoms with E-state index in [2.05, 4.69) is 11.0 Å². The minimum Gasteiger partial charge on any atom is -0.396 e. The minimum atomic E-state index is 0.227. The molecule has 1 aromatic carbocycles. The summed E-state index contributed by atoms with van der Waals surface area (Å²) in [6.45, 7) is 1.19. The summed E-state index contributed by atoms with van der Waals surface area (Å²) in [6.07, 6.45) is 4.03. The van der Waals surface area contributed by atoms with E-state index in [0.717, 1.165) is 37.9 Å². The lowest BCUT2D eigenvalue weighted by molar-refractivity contribution is 0.279. The average molecular weight is 265 g/mol. The molecule has 0 aliphatic carbocycles. The maximum atomic E-state index is 9.17. The molecule has 1 fully saturated rings. The summed E-state index contributed by atoms with van der Waals surface area (Å²) in [5.41, 5.74) is 1.61. The van der Waals surface area contributed by atoms with Crippen LogP contribution in [-0.2, 0) is 0 Å². The van der Waals surface area contributed by atoms with Gasteiger partial charge in [-0.25, -0.2) is 0 Å². The van der Waals surface area contributed by atoms with E-state index >= 15 is 0 Å². The highest BCUT2D eigenvalue weighted by molar-refractivity contribution is 6.30. The van der Waals surface area contributed by atoms with Crippen LogP contribution in [0.2, 0.25) is 5.02 Å². The molecule has 0 amide bonds. The Labute approximate surface area is 113 Å². The topological polar surface area (TPSA) is 47.3 Å². The fourth-order valence-corrected chi connectivity index (χ4v) is 2.78. The highest BCUT2D eigenvalue weighted by Crippen LogP contribution is 2.32. The Balaban J connectivity index is 2.24. The van der Waals surface area contributed by atoms with E-state index in [4.69, 9.17) is 16.7 Å². The van der Waals surface area contributed by atoms with Crippen LogP contribution in [0.5, 0.6) is 0 Å². The minimum absolute atomic E-state index is 0.227. The number of hydrogen-bond acceptors (Lipinski definition) is 3. The van der Waals surface area contributed by atoms with Gasteiger partial charge < -0.3 is 10.0 Å². The van der Waals surface area contributed by atoms with Gasteiger partial charge in [0, 0.05) is 24.2 Å². The van der Waals surface area contributed by atoms with Crippen LogP contribution in [0.25, 0.3) is 0 Å². The SMILES string of the molecule is N#Cc1ccc(Cl)cc1N1CCCC1CCCO. The van der Waals surface area contributed by atoms with E-state index in [1.165, 1.54) is 0 Å². The second kappa shape index (κ2) is 6.08. The number of rotatable bonds is 4. The van der Waals surface area contributed by atoms with Gasteiger partial charge in [-0.3, -0.25) is 0 Å². The monoisotopic (exact) mass is 264 g/mol. The first kappa shape index (κ1) is 13.2. The highest BCUT2D eigenvalue weighted by Gasteiger charge is 2.26. The Morgan fingerprint density at radius 3 is 3.06 bits per heavy atom. The third kappa shape index (κ3) is 2.77. The first-order valence-electron chi connectivity index (χ1n) is 6.33. The van der Waals surface area contributed by atoms with Gasteiger partial charge in [0.25, 0.3) is 0 Å². The van der Waals surface area contributed by atoms with Crippen LogP contribution in [0.15, 0.2) is 18.2 Å². The highest BCUT2D eigenvalue weighted by atomic mass is 35.5. The van der Waals surface area contributed by atoms with E-state index in [1.54, 1.807) is 12.1 Å². The van der Waals surface area contributed by atoms with Crippen LogP contribution in [-0.4, -0.2) is 24.3 Å². The second-order valence-corrected chi connectivity index (χ2v) is 5.06. The lowest BCUT2D eigenvalue weighted by atomic mass is 10.1. The van der Waals surface area contributed by atoms with Crippen molar-refractivity contribution in [2.24, 2.45) is 0 Å². The normalized spacial score (nSPS) is 18.9. The van der Waals surface area contributed by atoms with Gasteiger partial charge in [0.05, 0.1) is 11.3 Å². The molecule has 18 heavy (non-hydrogen) atoms. The maximum Gasteiger partial charge on any atom is 0.101 e. The first-order valence-corrected chi connectivity index (χ1v) is 6.71. The van der Waals surface area contributed by atoms with Gasteiger partial charge in [0.2, 0.25) is 0 Å². The Morgan fingerprint density at radius 1 is 1.50 bits per heavy atom. The molecule has 1 aromatic rings. The molecule has 96 valence electrons. The average Bonchev–Trinajstić information content (AvgIpc) is 2.84. The number of anilines is 1. The van der Waals surface area contributed by atoms with Crippen LogP contribution in [0.4, 0.5) is 5.69 Å². The molecule has 2 rings (SSSR count). The Morgan fingerprint density at radius 2 is 2.33 bits per heavy atom. The van der Waals surface area contributed by atoms with E-state index in [9.17, 15) is 5.26 Å². The summed E-state index contributed by atoms with van der Waals surface area (Å²) in [5, 5.41) is 18.8. The molecule has 1 N–H and O–H groups in total. The second-order valence-electron chi connectivity index (χ2n) is 4.63. The van der Waals surface area contributed by atoms with E-state index in [1.807, 2.05) is 6.07 Å². The molecule has 3 nitrogen and oxygen atoms in total. The predicted octanol–water partition coefficient (Wildman–Crippen LogP) is 2.95. The Hall–Kier alpha value is -1.24. The number of halogens is 1. The molecule has 1 atom stereocenters. The lowest BCUT2D eigenvalue weighted by Gasteiger charge is -2.27. The van der Waals surface area contributed by atoms with Crippen molar-refractivity contribution < 1.29 is 5.11 Å². The molecule has 4 heteroatoms. The number of hydrogen-bond donors (Lipinski definition) is 1. The molecule has 0 bridgehead atoms. The molecule has 1 aliphatic heterocycles. The van der Waals surface area contributed by atoms with Crippen LogP contribution in [0.3, 0.4) is 0 Å².